The van der Waals surface area contributed by atoms with Crippen LogP contribution in [0.1, 0.15) is 0 Å². The number of nitrogens with zero attached hydrogens (tertiary/aromatic N) is 13. The number of rotatable bonds is 2. The summed E-state index contributed by atoms with van der Waals surface area (Å²) in [6.45, 7) is 0. The molecule has 16 bridgehead atoms. The van der Waals surface area contributed by atoms with Gasteiger partial charge in [-0.05, 0) is 22.9 Å². The van der Waals surface area contributed by atoms with Crippen LogP contribution in [-0.2, 0) is 39.7 Å². The Hall–Kier alpha value is -10.1. The molecule has 0 radical (unpaired) electrons. The van der Waals surface area contributed by atoms with Crippen LogP contribution in [0.25, 0.3) is 179 Å². The van der Waals surface area contributed by atoms with Crippen molar-refractivity contribution in [3.8, 4) is 91.1 Å². The molecular formula is C64H33N16NaO6S2Zn. The second-order valence-corrected chi connectivity index (χ2v) is 23.4. The molecule has 14 aromatic rings. The molecule has 0 unspecified atom stereocenters. The molecule has 0 saturated carbocycles. The molecule has 0 atom stereocenters. The quantitative estimate of drug-likeness (QED) is 0.108. The van der Waals surface area contributed by atoms with Gasteiger partial charge in [-0.25, -0.2) is 66.7 Å². The maximum atomic E-state index is 12.4. The summed E-state index contributed by atoms with van der Waals surface area (Å²) in [6.07, 6.45) is 0. The van der Waals surface area contributed by atoms with Crippen molar-refractivity contribution in [2.75, 3.05) is 0 Å². The van der Waals surface area contributed by atoms with E-state index in [9.17, 15) is 25.9 Å². The van der Waals surface area contributed by atoms with Gasteiger partial charge in [-0.15, -0.1) is 0 Å². The van der Waals surface area contributed by atoms with Gasteiger partial charge in [0.25, 0.3) is 0 Å². The molecule has 3 N–H and O–H groups in total. The number of H-pyrrole nitrogens is 3. The first-order chi connectivity index (χ1) is 42.8. The minimum Gasteiger partial charge on any atom is -0.744 e. The van der Waals surface area contributed by atoms with Gasteiger partial charge in [-0.1, -0.05) is 170 Å². The van der Waals surface area contributed by atoms with Gasteiger partial charge in [-0.3, -0.25) is 0 Å². The molecule has 0 spiro atoms. The summed E-state index contributed by atoms with van der Waals surface area (Å²) in [4.78, 5) is 71.6. The minimum atomic E-state index is -4.87. The number of hydrogen-bond acceptors (Lipinski definition) is 18. The topological polar surface area (TPSA) is 331 Å². The van der Waals surface area contributed by atoms with Crippen LogP contribution in [0, 0.1) is 0 Å². The van der Waals surface area contributed by atoms with Crippen LogP contribution in [-0.4, -0.2) is 101 Å². The van der Waals surface area contributed by atoms with Crippen molar-refractivity contribution in [2.45, 2.75) is 9.79 Å². The molecule has 0 aliphatic carbocycles. The van der Waals surface area contributed by atoms with E-state index >= 15 is 0 Å². The molecule has 0 saturated heterocycles. The van der Waals surface area contributed by atoms with E-state index in [2.05, 4.69) is 15.0 Å². The molecule has 420 valence electrons. The Kier molecular flexibility index (Phi) is 13.4. The Balaban J connectivity index is 0.000000147. The molecule has 26 heteroatoms. The first-order valence-corrected chi connectivity index (χ1v) is 30.0. The third kappa shape index (κ3) is 9.20. The van der Waals surface area contributed by atoms with Crippen molar-refractivity contribution in [1.29, 1.82) is 0 Å². The van der Waals surface area contributed by atoms with Gasteiger partial charge >= 0.3 is 49.0 Å². The molecule has 4 aliphatic heterocycles. The number of benzene rings is 8. The van der Waals surface area contributed by atoms with Gasteiger partial charge in [0.2, 0.25) is 0 Å². The standard InChI is InChI=1S/C32H18N8O3S.C32H17N8O3S.Na.Zn/c2*41-44(42,43)23-15-7-14-22-24(23)32-39-30-21-13-6-5-12-20(21)28(37-30)35-26-17-9-2-1-8-16(17)25(33-26)34-27-18-10-3-4-11-19(18)29(36-27)38-31(22)40-32;;/h1-15H,(H,41,42,43)(H2,33,34,35,36,37,38,39,40);1-15H,(H2-,33,34,35,36,37,38,39,40,41,42,43);;/q;-1;+1;+2/p-2. The summed E-state index contributed by atoms with van der Waals surface area (Å²) in [5.74, 6) is 3.00. The number of aromatic amines is 3. The van der Waals surface area contributed by atoms with Crippen molar-refractivity contribution in [3.63, 3.8) is 0 Å². The van der Waals surface area contributed by atoms with Crippen molar-refractivity contribution in [1.82, 2.24) is 79.7 Å². The van der Waals surface area contributed by atoms with Crippen LogP contribution in [0.5, 0.6) is 0 Å². The van der Waals surface area contributed by atoms with Crippen molar-refractivity contribution in [2.24, 2.45) is 0 Å². The third-order valence-corrected chi connectivity index (χ3v) is 17.3. The zero-order valence-electron chi connectivity index (χ0n) is 46.6. The van der Waals surface area contributed by atoms with E-state index in [1.54, 1.807) is 12.1 Å². The average molecular weight is 1270 g/mol. The molecule has 22 nitrogen and oxygen atoms in total. The molecule has 8 aromatic carbocycles. The summed E-state index contributed by atoms with van der Waals surface area (Å²) in [5, 5.41) is 4.36. The zero-order chi connectivity index (χ0) is 59.2. The van der Waals surface area contributed by atoms with Gasteiger partial charge in [0.05, 0.1) is 21.4 Å². The van der Waals surface area contributed by atoms with Crippen molar-refractivity contribution >= 4 is 109 Å². The van der Waals surface area contributed by atoms with Gasteiger partial charge in [-0.2, -0.15) is 0 Å². The second kappa shape index (κ2) is 21.3. The van der Waals surface area contributed by atoms with E-state index in [0.717, 1.165) is 54.9 Å². The molecule has 6 aromatic heterocycles. The fraction of sp³-hybridized carbons (Fsp3) is 0. The Morgan fingerprint density at radius 3 is 0.811 bits per heavy atom. The molecule has 4 aliphatic rings. The van der Waals surface area contributed by atoms with Crippen LogP contribution < -0.4 is 34.5 Å². The summed E-state index contributed by atoms with van der Waals surface area (Å²) in [6, 6.07) is 54.5. The third-order valence-electron chi connectivity index (χ3n) is 15.6. The Bertz CT molecular complexity index is 5700. The summed E-state index contributed by atoms with van der Waals surface area (Å²) in [7, 11) is -9.74. The van der Waals surface area contributed by atoms with Crippen LogP contribution in [0.15, 0.2) is 192 Å². The number of nitrogens with one attached hydrogen (secondary N) is 3. The maximum absolute atomic E-state index is 12.4. The van der Waals surface area contributed by atoms with E-state index in [4.69, 9.17) is 64.8 Å². The average Bonchev–Trinajstić information content (AvgIpc) is 1.61. The zero-order valence-corrected chi connectivity index (χ0v) is 53.2. The fourth-order valence-electron chi connectivity index (χ4n) is 11.7. The van der Waals surface area contributed by atoms with E-state index in [0.29, 0.717) is 96.7 Å². The van der Waals surface area contributed by atoms with E-state index in [-0.39, 0.29) is 76.7 Å². The minimum absolute atomic E-state index is 0. The van der Waals surface area contributed by atoms with Crippen LogP contribution in [0.3, 0.4) is 0 Å². The Morgan fingerprint density at radius 2 is 0.511 bits per heavy atom. The predicted molar refractivity (Wildman–Crippen MR) is 327 cm³/mol. The molecule has 90 heavy (non-hydrogen) atoms. The molecule has 0 amide bonds. The number of fused-ring (bicyclic) bond motifs is 40. The predicted octanol–water partition coefficient (Wildman–Crippen LogP) is 8.18. The monoisotopic (exact) mass is 1270 g/mol. The Morgan fingerprint density at radius 1 is 0.278 bits per heavy atom. The molecular weight excluding hydrogens is 1240 g/mol. The smallest absolute Gasteiger partial charge is 0.744 e. The molecule has 0 fully saturated rings. The fourth-order valence-corrected chi connectivity index (χ4v) is 13.1. The maximum Gasteiger partial charge on any atom is 2.00 e. The summed E-state index contributed by atoms with van der Waals surface area (Å²) >= 11 is 0. The first-order valence-electron chi connectivity index (χ1n) is 27.2. The normalized spacial score (nSPS) is 12.1. The van der Waals surface area contributed by atoms with Gasteiger partial charge in [0.1, 0.15) is 54.1 Å². The van der Waals surface area contributed by atoms with Crippen LogP contribution in [0.2, 0.25) is 0 Å². The van der Waals surface area contributed by atoms with E-state index in [1.165, 1.54) is 24.3 Å². The number of hydrogen-bond donors (Lipinski definition) is 3. The first kappa shape index (κ1) is 56.4. The Labute approximate surface area is 541 Å². The van der Waals surface area contributed by atoms with Gasteiger partial charge in [0, 0.05) is 88.1 Å². The van der Waals surface area contributed by atoms with Gasteiger partial charge < -0.3 is 39.0 Å². The number of aromatic nitrogens is 16. The van der Waals surface area contributed by atoms with E-state index < -0.39 is 30.0 Å². The van der Waals surface area contributed by atoms with Crippen molar-refractivity contribution in [3.05, 3.63) is 182 Å². The largest absolute Gasteiger partial charge is 2.00 e. The summed E-state index contributed by atoms with van der Waals surface area (Å²) in [5.41, 5.74) is 8.76. The van der Waals surface area contributed by atoms with Gasteiger partial charge in [0.15, 0.2) is 34.9 Å². The SMILES string of the molecule is O=S(=O)([O-])c1cccc2c3nc4nc(nc5[n-]c(nc6nc(nc([nH]3)c12)-c1ccccc1-6)c1ccccc51)-c1ccccc1-4.O=S(=O)([O-])c1cccc2c3nc4nc(nc5[nH]c(nc6nc(nc([nH]3)c12)-c1ccccc1-6)c1ccccc51)-c1ccccc1-4.[Na+].[Zn+2]. The van der Waals surface area contributed by atoms with E-state index in [1.807, 2.05) is 146 Å². The molecule has 10 heterocycles. The van der Waals surface area contributed by atoms with Crippen molar-refractivity contribution < 1.29 is 75.0 Å². The second-order valence-electron chi connectivity index (χ2n) is 20.7. The van der Waals surface area contributed by atoms with Crippen LogP contribution >= 0.6 is 0 Å². The molecule has 18 rings (SSSR count). The summed E-state index contributed by atoms with van der Waals surface area (Å²) < 4.78 is 74.4. The van der Waals surface area contributed by atoms with Crippen LogP contribution in [0.4, 0.5) is 0 Å².